The molecule has 2 N–H and O–H groups in total. The van der Waals surface area contributed by atoms with E-state index in [1.807, 2.05) is 0 Å². The number of rotatable bonds is 4. The van der Waals surface area contributed by atoms with Crippen molar-refractivity contribution in [3.05, 3.63) is 0 Å². The molecule has 0 aromatic carbocycles. The predicted octanol–water partition coefficient (Wildman–Crippen LogP) is 1.88. The number of piperidine rings is 1. The number of nitrogens with one attached hydrogen (secondary N) is 2. The molecule has 17 heavy (non-hydrogen) atoms. The molecular weight excluding hydrogens is 230 g/mol. The van der Waals surface area contributed by atoms with Crippen LogP contribution in [0.3, 0.4) is 0 Å². The first-order valence-corrected chi connectivity index (χ1v) is 7.37. The molecule has 3 nitrogen and oxygen atoms in total. The van der Waals surface area contributed by atoms with E-state index in [1.165, 1.54) is 38.6 Å². The SMILES string of the molecule is C[C@H](CNC(=S)NC1CC1)N1CCCC[C@@H]1C. The topological polar surface area (TPSA) is 27.3 Å². The zero-order valence-corrected chi connectivity index (χ0v) is 11.9. The van der Waals surface area contributed by atoms with Gasteiger partial charge < -0.3 is 10.6 Å². The molecule has 98 valence electrons. The molecule has 0 spiro atoms. The lowest BCUT2D eigenvalue weighted by molar-refractivity contribution is 0.116. The van der Waals surface area contributed by atoms with Crippen LogP contribution in [-0.4, -0.2) is 41.2 Å². The summed E-state index contributed by atoms with van der Waals surface area (Å²) >= 11 is 5.28. The first kappa shape index (κ1) is 13.1. The molecule has 0 bridgehead atoms. The molecule has 0 radical (unpaired) electrons. The van der Waals surface area contributed by atoms with Gasteiger partial charge in [0.1, 0.15) is 0 Å². The van der Waals surface area contributed by atoms with Crippen molar-refractivity contribution in [2.24, 2.45) is 0 Å². The van der Waals surface area contributed by atoms with Crippen LogP contribution in [0.25, 0.3) is 0 Å². The third-order valence-electron chi connectivity index (χ3n) is 3.89. The van der Waals surface area contributed by atoms with Crippen LogP contribution in [0.4, 0.5) is 0 Å². The predicted molar refractivity (Wildman–Crippen MR) is 76.2 cm³/mol. The lowest BCUT2D eigenvalue weighted by Crippen LogP contribution is -2.50. The van der Waals surface area contributed by atoms with Crippen molar-refractivity contribution in [3.63, 3.8) is 0 Å². The first-order valence-electron chi connectivity index (χ1n) is 6.97. The van der Waals surface area contributed by atoms with Crippen molar-refractivity contribution < 1.29 is 0 Å². The molecule has 0 amide bonds. The Balaban J connectivity index is 1.67. The Bertz CT molecular complexity index is 265. The number of likely N-dealkylation sites (tertiary alicyclic amines) is 1. The summed E-state index contributed by atoms with van der Waals surface area (Å²) < 4.78 is 0. The minimum absolute atomic E-state index is 0.573. The highest BCUT2D eigenvalue weighted by atomic mass is 32.1. The maximum Gasteiger partial charge on any atom is 0.166 e. The van der Waals surface area contributed by atoms with Gasteiger partial charge in [-0.3, -0.25) is 4.90 Å². The highest BCUT2D eigenvalue weighted by Crippen LogP contribution is 2.19. The number of thiocarbonyl (C=S) groups is 1. The molecule has 0 aromatic rings. The maximum absolute atomic E-state index is 5.28. The minimum Gasteiger partial charge on any atom is -0.361 e. The van der Waals surface area contributed by atoms with E-state index in [-0.39, 0.29) is 0 Å². The van der Waals surface area contributed by atoms with Gasteiger partial charge in [-0.2, -0.15) is 0 Å². The average Bonchev–Trinajstić information content (AvgIpc) is 3.10. The summed E-state index contributed by atoms with van der Waals surface area (Å²) in [5, 5.41) is 7.51. The van der Waals surface area contributed by atoms with Crippen LogP contribution in [-0.2, 0) is 0 Å². The van der Waals surface area contributed by atoms with E-state index < -0.39 is 0 Å². The van der Waals surface area contributed by atoms with Gasteiger partial charge in [-0.1, -0.05) is 6.42 Å². The fourth-order valence-corrected chi connectivity index (χ4v) is 2.85. The van der Waals surface area contributed by atoms with Crippen LogP contribution in [0.1, 0.15) is 46.0 Å². The Kier molecular flexibility index (Phi) is 4.62. The Morgan fingerprint density at radius 1 is 1.35 bits per heavy atom. The molecule has 1 aliphatic carbocycles. The average molecular weight is 255 g/mol. The molecule has 4 heteroatoms. The lowest BCUT2D eigenvalue weighted by atomic mass is 10.0. The van der Waals surface area contributed by atoms with E-state index in [4.69, 9.17) is 12.2 Å². The van der Waals surface area contributed by atoms with Crippen molar-refractivity contribution in [2.75, 3.05) is 13.1 Å². The molecule has 2 atom stereocenters. The van der Waals surface area contributed by atoms with Crippen LogP contribution >= 0.6 is 12.2 Å². The molecule has 1 saturated heterocycles. The van der Waals surface area contributed by atoms with E-state index in [9.17, 15) is 0 Å². The van der Waals surface area contributed by atoms with Crippen LogP contribution in [0.15, 0.2) is 0 Å². The van der Waals surface area contributed by atoms with Gasteiger partial charge in [0.25, 0.3) is 0 Å². The fraction of sp³-hybridized carbons (Fsp3) is 0.923. The smallest absolute Gasteiger partial charge is 0.166 e. The van der Waals surface area contributed by atoms with Crippen molar-refractivity contribution >= 4 is 17.3 Å². The molecule has 0 unspecified atom stereocenters. The first-order chi connectivity index (χ1) is 8.16. The Labute approximate surface area is 110 Å². The number of hydrogen-bond acceptors (Lipinski definition) is 2. The molecule has 1 saturated carbocycles. The van der Waals surface area contributed by atoms with Gasteiger partial charge in [0.2, 0.25) is 0 Å². The van der Waals surface area contributed by atoms with Gasteiger partial charge in [0, 0.05) is 24.7 Å². The van der Waals surface area contributed by atoms with Gasteiger partial charge >= 0.3 is 0 Å². The molecule has 1 heterocycles. The minimum atomic E-state index is 0.573. The van der Waals surface area contributed by atoms with Crippen LogP contribution < -0.4 is 10.6 Å². The van der Waals surface area contributed by atoms with Gasteiger partial charge in [-0.15, -0.1) is 0 Å². The summed E-state index contributed by atoms with van der Waals surface area (Å²) in [7, 11) is 0. The van der Waals surface area contributed by atoms with E-state index in [2.05, 4.69) is 29.4 Å². The summed E-state index contributed by atoms with van der Waals surface area (Å²) in [6, 6.07) is 1.95. The highest BCUT2D eigenvalue weighted by molar-refractivity contribution is 7.80. The molecule has 1 aliphatic heterocycles. The van der Waals surface area contributed by atoms with Crippen LogP contribution in [0, 0.1) is 0 Å². The largest absolute Gasteiger partial charge is 0.361 e. The Morgan fingerprint density at radius 3 is 2.76 bits per heavy atom. The quantitative estimate of drug-likeness (QED) is 0.750. The van der Waals surface area contributed by atoms with E-state index in [0.29, 0.717) is 12.1 Å². The Hall–Kier alpha value is -0.350. The second kappa shape index (κ2) is 6.01. The van der Waals surface area contributed by atoms with Crippen molar-refractivity contribution in [1.82, 2.24) is 15.5 Å². The lowest BCUT2D eigenvalue weighted by Gasteiger charge is -2.38. The normalized spacial score (nSPS) is 27.5. The van der Waals surface area contributed by atoms with Crippen LogP contribution in [0.2, 0.25) is 0 Å². The summed E-state index contributed by atoms with van der Waals surface area (Å²) in [6.45, 7) is 6.85. The maximum atomic E-state index is 5.28. The molecular formula is C13H25N3S. The molecule has 2 rings (SSSR count). The summed E-state index contributed by atoms with van der Waals surface area (Å²) in [4.78, 5) is 2.61. The fourth-order valence-electron chi connectivity index (χ4n) is 2.60. The Morgan fingerprint density at radius 2 is 2.12 bits per heavy atom. The van der Waals surface area contributed by atoms with Crippen molar-refractivity contribution in [1.29, 1.82) is 0 Å². The zero-order chi connectivity index (χ0) is 12.3. The van der Waals surface area contributed by atoms with Crippen molar-refractivity contribution in [3.8, 4) is 0 Å². The standard InChI is InChI=1S/C13H25N3S/c1-10-5-3-4-8-16(10)11(2)9-14-13(17)15-12-6-7-12/h10-12H,3-9H2,1-2H3,(H2,14,15,17)/t10-,11+/m0/s1. The number of hydrogen-bond donors (Lipinski definition) is 2. The second-order valence-corrected chi connectivity index (χ2v) is 5.97. The van der Waals surface area contributed by atoms with Gasteiger partial charge in [0.15, 0.2) is 5.11 Å². The number of nitrogens with zero attached hydrogens (tertiary/aromatic N) is 1. The molecule has 2 aliphatic rings. The van der Waals surface area contributed by atoms with Crippen LogP contribution in [0.5, 0.6) is 0 Å². The summed E-state index contributed by atoms with van der Waals surface area (Å²) in [5.74, 6) is 0. The molecule has 0 aromatic heterocycles. The monoisotopic (exact) mass is 255 g/mol. The third-order valence-corrected chi connectivity index (χ3v) is 4.15. The second-order valence-electron chi connectivity index (χ2n) is 5.56. The van der Waals surface area contributed by atoms with Gasteiger partial charge in [0.05, 0.1) is 0 Å². The van der Waals surface area contributed by atoms with Crippen molar-refractivity contribution in [2.45, 2.75) is 64.1 Å². The zero-order valence-electron chi connectivity index (χ0n) is 11.0. The van der Waals surface area contributed by atoms with Gasteiger partial charge in [-0.05, 0) is 58.3 Å². The third kappa shape index (κ3) is 4.11. The van der Waals surface area contributed by atoms with E-state index in [0.717, 1.165) is 17.7 Å². The van der Waals surface area contributed by atoms with Gasteiger partial charge in [-0.25, -0.2) is 0 Å². The summed E-state index contributed by atoms with van der Waals surface area (Å²) in [6.07, 6.45) is 6.63. The molecule has 2 fully saturated rings. The van der Waals surface area contributed by atoms with E-state index >= 15 is 0 Å². The highest BCUT2D eigenvalue weighted by Gasteiger charge is 2.24. The summed E-state index contributed by atoms with van der Waals surface area (Å²) in [5.41, 5.74) is 0. The van der Waals surface area contributed by atoms with E-state index in [1.54, 1.807) is 0 Å².